The minimum atomic E-state index is 0.459. The molecule has 0 aliphatic carbocycles. The number of rotatable bonds is 3. The van der Waals surface area contributed by atoms with Gasteiger partial charge in [0.25, 0.3) is 0 Å². The molecule has 0 unspecified atom stereocenters. The zero-order valence-electron chi connectivity index (χ0n) is 8.86. The van der Waals surface area contributed by atoms with Crippen molar-refractivity contribution < 1.29 is 4.74 Å². The van der Waals surface area contributed by atoms with Gasteiger partial charge in [-0.05, 0) is 12.5 Å². The number of likely N-dealkylation sites (tertiary alicyclic amines) is 1. The van der Waals surface area contributed by atoms with Crippen LogP contribution in [0.15, 0.2) is 24.3 Å². The Balaban J connectivity index is 1.84. The molecule has 0 spiro atoms. The highest BCUT2D eigenvalue weighted by Gasteiger charge is 2.25. The predicted octanol–water partition coefficient (Wildman–Crippen LogP) is 1.83. The van der Waals surface area contributed by atoms with Crippen LogP contribution in [0.4, 0.5) is 0 Å². The molecular formula is C12H17NO. The third-order valence-corrected chi connectivity index (χ3v) is 2.78. The predicted molar refractivity (Wildman–Crippen MR) is 57.3 cm³/mol. The summed E-state index contributed by atoms with van der Waals surface area (Å²) < 4.78 is 5.23. The van der Waals surface area contributed by atoms with Gasteiger partial charge in [0.2, 0.25) is 0 Å². The van der Waals surface area contributed by atoms with E-state index in [9.17, 15) is 0 Å². The Hall–Kier alpha value is -0.860. The molecule has 14 heavy (non-hydrogen) atoms. The first-order chi connectivity index (χ1) is 6.78. The van der Waals surface area contributed by atoms with Gasteiger partial charge in [0.1, 0.15) is 0 Å². The van der Waals surface area contributed by atoms with Gasteiger partial charge >= 0.3 is 0 Å². The van der Waals surface area contributed by atoms with E-state index in [1.54, 1.807) is 7.11 Å². The number of benzene rings is 1. The topological polar surface area (TPSA) is 12.5 Å². The largest absolute Gasteiger partial charge is 0.379 e. The van der Waals surface area contributed by atoms with Crippen LogP contribution in [0, 0.1) is 6.92 Å². The molecule has 1 aromatic carbocycles. The summed E-state index contributed by atoms with van der Waals surface area (Å²) in [6.07, 6.45) is 0.459. The average molecular weight is 191 g/mol. The highest BCUT2D eigenvalue weighted by atomic mass is 16.5. The summed E-state index contributed by atoms with van der Waals surface area (Å²) in [7, 11) is 1.79. The third-order valence-electron chi connectivity index (χ3n) is 2.78. The highest BCUT2D eigenvalue weighted by Crippen LogP contribution is 2.15. The van der Waals surface area contributed by atoms with Gasteiger partial charge in [0.15, 0.2) is 0 Å². The summed E-state index contributed by atoms with van der Waals surface area (Å²) in [6.45, 7) is 5.32. The highest BCUT2D eigenvalue weighted by molar-refractivity contribution is 5.21. The van der Waals surface area contributed by atoms with Gasteiger partial charge in [0.05, 0.1) is 6.10 Å². The fourth-order valence-electron chi connectivity index (χ4n) is 1.75. The molecule has 0 radical (unpaired) electrons. The summed E-state index contributed by atoms with van der Waals surface area (Å²) >= 11 is 0. The molecule has 2 nitrogen and oxygen atoms in total. The molecule has 2 rings (SSSR count). The molecule has 1 aliphatic rings. The lowest BCUT2D eigenvalue weighted by Gasteiger charge is -2.38. The van der Waals surface area contributed by atoms with Crippen molar-refractivity contribution in [2.75, 3.05) is 20.2 Å². The Kier molecular flexibility index (Phi) is 2.85. The number of nitrogens with zero attached hydrogens (tertiary/aromatic N) is 1. The summed E-state index contributed by atoms with van der Waals surface area (Å²) in [5.41, 5.74) is 2.72. The van der Waals surface area contributed by atoms with E-state index in [1.165, 1.54) is 11.1 Å². The van der Waals surface area contributed by atoms with Crippen molar-refractivity contribution in [1.82, 2.24) is 4.90 Å². The van der Waals surface area contributed by atoms with E-state index in [0.717, 1.165) is 19.6 Å². The Labute approximate surface area is 85.5 Å². The summed E-state index contributed by atoms with van der Waals surface area (Å²) in [5.74, 6) is 0. The second kappa shape index (κ2) is 4.11. The standard InChI is InChI=1S/C12H17NO/c1-10-3-5-11(6-4-10)7-13-8-12(9-13)14-2/h3-6,12H,7-9H2,1-2H3. The van der Waals surface area contributed by atoms with E-state index < -0.39 is 0 Å². The molecule has 0 aromatic heterocycles. The van der Waals surface area contributed by atoms with Crippen LogP contribution in [-0.2, 0) is 11.3 Å². The first-order valence-electron chi connectivity index (χ1n) is 5.08. The second-order valence-corrected chi connectivity index (χ2v) is 4.04. The van der Waals surface area contributed by atoms with Gasteiger partial charge in [-0.15, -0.1) is 0 Å². The maximum Gasteiger partial charge on any atom is 0.0825 e. The molecule has 2 heteroatoms. The molecular weight excluding hydrogens is 174 g/mol. The molecule has 1 saturated heterocycles. The smallest absolute Gasteiger partial charge is 0.0825 e. The second-order valence-electron chi connectivity index (χ2n) is 4.04. The molecule has 0 amide bonds. The van der Waals surface area contributed by atoms with Crippen LogP contribution in [0.2, 0.25) is 0 Å². The lowest BCUT2D eigenvalue weighted by molar-refractivity contribution is -0.0333. The average Bonchev–Trinajstić information content (AvgIpc) is 2.13. The molecule has 76 valence electrons. The monoisotopic (exact) mass is 191 g/mol. The van der Waals surface area contributed by atoms with Gasteiger partial charge in [-0.3, -0.25) is 4.90 Å². The van der Waals surface area contributed by atoms with Crippen molar-refractivity contribution in [1.29, 1.82) is 0 Å². The number of hydrogen-bond acceptors (Lipinski definition) is 2. The van der Waals surface area contributed by atoms with Crippen LogP contribution in [0.25, 0.3) is 0 Å². The summed E-state index contributed by atoms with van der Waals surface area (Å²) in [6, 6.07) is 8.75. The molecule has 1 aliphatic heterocycles. The fraction of sp³-hybridized carbons (Fsp3) is 0.500. The minimum absolute atomic E-state index is 0.459. The number of aryl methyl sites for hydroxylation is 1. The van der Waals surface area contributed by atoms with Crippen LogP contribution in [-0.4, -0.2) is 31.2 Å². The lowest BCUT2D eigenvalue weighted by atomic mass is 10.1. The number of ether oxygens (including phenoxy) is 1. The molecule has 1 heterocycles. The van der Waals surface area contributed by atoms with Gasteiger partial charge in [-0.1, -0.05) is 29.8 Å². The van der Waals surface area contributed by atoms with E-state index in [4.69, 9.17) is 4.74 Å². The molecule has 0 N–H and O–H groups in total. The van der Waals surface area contributed by atoms with Gasteiger partial charge in [0, 0.05) is 26.7 Å². The molecule has 0 saturated carbocycles. The van der Waals surface area contributed by atoms with Crippen molar-refractivity contribution in [2.45, 2.75) is 19.6 Å². The minimum Gasteiger partial charge on any atom is -0.379 e. The van der Waals surface area contributed by atoms with Crippen LogP contribution in [0.3, 0.4) is 0 Å². The Morgan fingerprint density at radius 3 is 2.50 bits per heavy atom. The zero-order chi connectivity index (χ0) is 9.97. The van der Waals surface area contributed by atoms with Gasteiger partial charge in [-0.2, -0.15) is 0 Å². The van der Waals surface area contributed by atoms with Crippen molar-refractivity contribution in [3.05, 3.63) is 35.4 Å². The molecule has 1 aromatic rings. The normalized spacial score (nSPS) is 18.1. The zero-order valence-corrected chi connectivity index (χ0v) is 8.86. The summed E-state index contributed by atoms with van der Waals surface area (Å²) in [4.78, 5) is 2.40. The van der Waals surface area contributed by atoms with E-state index in [2.05, 4.69) is 36.1 Å². The van der Waals surface area contributed by atoms with Gasteiger partial charge < -0.3 is 4.74 Å². The molecule has 1 fully saturated rings. The Morgan fingerprint density at radius 1 is 1.29 bits per heavy atom. The summed E-state index contributed by atoms with van der Waals surface area (Å²) in [5, 5.41) is 0. The van der Waals surface area contributed by atoms with Crippen LogP contribution >= 0.6 is 0 Å². The van der Waals surface area contributed by atoms with E-state index >= 15 is 0 Å². The molecule has 0 bridgehead atoms. The first kappa shape index (κ1) is 9.69. The Bertz CT molecular complexity index is 288. The van der Waals surface area contributed by atoms with E-state index in [-0.39, 0.29) is 0 Å². The lowest BCUT2D eigenvalue weighted by Crippen LogP contribution is -2.50. The van der Waals surface area contributed by atoms with Crippen LogP contribution in [0.5, 0.6) is 0 Å². The quantitative estimate of drug-likeness (QED) is 0.722. The SMILES string of the molecule is COC1CN(Cc2ccc(C)cc2)C1. The van der Waals surface area contributed by atoms with E-state index in [0.29, 0.717) is 6.10 Å². The third kappa shape index (κ3) is 2.14. The first-order valence-corrected chi connectivity index (χ1v) is 5.08. The molecule has 0 atom stereocenters. The number of hydrogen-bond donors (Lipinski definition) is 0. The fourth-order valence-corrected chi connectivity index (χ4v) is 1.75. The van der Waals surface area contributed by atoms with Crippen molar-refractivity contribution in [2.24, 2.45) is 0 Å². The van der Waals surface area contributed by atoms with Gasteiger partial charge in [-0.25, -0.2) is 0 Å². The van der Waals surface area contributed by atoms with Crippen molar-refractivity contribution in [3.8, 4) is 0 Å². The van der Waals surface area contributed by atoms with Crippen molar-refractivity contribution >= 4 is 0 Å². The van der Waals surface area contributed by atoms with Crippen LogP contribution < -0.4 is 0 Å². The maximum atomic E-state index is 5.23. The maximum absolute atomic E-state index is 5.23. The van der Waals surface area contributed by atoms with E-state index in [1.807, 2.05) is 0 Å². The van der Waals surface area contributed by atoms with Crippen LogP contribution in [0.1, 0.15) is 11.1 Å². The Morgan fingerprint density at radius 2 is 1.93 bits per heavy atom. The van der Waals surface area contributed by atoms with Crippen molar-refractivity contribution in [3.63, 3.8) is 0 Å². The number of methoxy groups -OCH3 is 1.